The molecule has 3 atom stereocenters. The Morgan fingerprint density at radius 1 is 1.50 bits per heavy atom. The van der Waals surface area contributed by atoms with E-state index < -0.39 is 5.60 Å². The fourth-order valence-corrected chi connectivity index (χ4v) is 3.00. The number of carbonyl (C=O) groups is 1. The van der Waals surface area contributed by atoms with Crippen molar-refractivity contribution in [3.05, 3.63) is 0 Å². The van der Waals surface area contributed by atoms with Crippen molar-refractivity contribution < 1.29 is 9.53 Å². The molecule has 0 radical (unpaired) electrons. The van der Waals surface area contributed by atoms with Crippen LogP contribution in [0.25, 0.3) is 0 Å². The molecule has 0 aromatic rings. The van der Waals surface area contributed by atoms with Gasteiger partial charge in [-0.1, -0.05) is 0 Å². The number of esters is 1. The average Bonchev–Trinajstić information content (AvgIpc) is 2.49. The Kier molecular flexibility index (Phi) is 2.75. The summed E-state index contributed by atoms with van der Waals surface area (Å²) in [6, 6.07) is -0.0188. The zero-order chi connectivity index (χ0) is 12.0. The first-order valence-corrected chi connectivity index (χ1v) is 6.03. The van der Waals surface area contributed by atoms with E-state index in [4.69, 9.17) is 10.5 Å². The molecule has 2 fully saturated rings. The maximum Gasteiger partial charge on any atom is 0.311 e. The van der Waals surface area contributed by atoms with Crippen LogP contribution in [-0.2, 0) is 9.53 Å². The molecule has 0 aromatic heterocycles. The zero-order valence-electron chi connectivity index (χ0n) is 10.4. The van der Waals surface area contributed by atoms with E-state index in [1.807, 2.05) is 20.8 Å². The van der Waals surface area contributed by atoms with Gasteiger partial charge < -0.3 is 15.8 Å². The quantitative estimate of drug-likeness (QED) is 0.645. The van der Waals surface area contributed by atoms with Gasteiger partial charge in [-0.05, 0) is 40.2 Å². The topological polar surface area (TPSA) is 64.3 Å². The third-order valence-electron chi connectivity index (χ3n) is 3.67. The third kappa shape index (κ3) is 1.96. The van der Waals surface area contributed by atoms with E-state index in [1.165, 1.54) is 0 Å². The fourth-order valence-electron chi connectivity index (χ4n) is 3.00. The Bertz CT molecular complexity index is 290. The van der Waals surface area contributed by atoms with Crippen molar-refractivity contribution in [2.45, 2.75) is 45.3 Å². The maximum absolute atomic E-state index is 12.1. The van der Waals surface area contributed by atoms with Gasteiger partial charge in [0.05, 0.1) is 5.92 Å². The van der Waals surface area contributed by atoms with Crippen LogP contribution in [0, 0.1) is 11.3 Å². The molecule has 1 spiro atoms. The fraction of sp³-hybridized carbons (Fsp3) is 0.917. The van der Waals surface area contributed by atoms with E-state index in [1.54, 1.807) is 0 Å². The number of carbonyl (C=O) groups excluding carboxylic acids is 1. The first-order chi connectivity index (χ1) is 7.34. The highest BCUT2D eigenvalue weighted by Gasteiger charge is 2.58. The zero-order valence-corrected chi connectivity index (χ0v) is 10.4. The second-order valence-electron chi connectivity index (χ2n) is 6.17. The van der Waals surface area contributed by atoms with E-state index in [9.17, 15) is 4.79 Å². The average molecular weight is 226 g/mol. The van der Waals surface area contributed by atoms with Crippen LogP contribution in [-0.4, -0.2) is 30.7 Å². The molecule has 0 amide bonds. The minimum atomic E-state index is -0.417. The van der Waals surface area contributed by atoms with Gasteiger partial charge >= 0.3 is 5.97 Å². The Hall–Kier alpha value is -0.610. The molecular formula is C12H22N2O2. The van der Waals surface area contributed by atoms with Crippen molar-refractivity contribution in [2.24, 2.45) is 17.1 Å². The van der Waals surface area contributed by atoms with Crippen LogP contribution < -0.4 is 11.1 Å². The summed E-state index contributed by atoms with van der Waals surface area (Å²) in [5.41, 5.74) is 5.64. The monoisotopic (exact) mass is 226 g/mol. The van der Waals surface area contributed by atoms with Crippen molar-refractivity contribution in [2.75, 3.05) is 13.1 Å². The Morgan fingerprint density at radius 2 is 2.19 bits per heavy atom. The second-order valence-corrected chi connectivity index (χ2v) is 6.17. The summed E-state index contributed by atoms with van der Waals surface area (Å²) in [6.45, 7) is 7.59. The smallest absolute Gasteiger partial charge is 0.311 e. The third-order valence-corrected chi connectivity index (χ3v) is 3.67. The molecule has 2 rings (SSSR count). The summed E-state index contributed by atoms with van der Waals surface area (Å²) in [5.74, 6) is -0.225. The van der Waals surface area contributed by atoms with Gasteiger partial charge in [-0.2, -0.15) is 0 Å². The molecule has 0 bridgehead atoms. The molecule has 2 aliphatic rings. The molecule has 3 N–H and O–H groups in total. The van der Waals surface area contributed by atoms with Gasteiger partial charge in [0.1, 0.15) is 5.60 Å². The molecule has 1 aliphatic heterocycles. The first-order valence-electron chi connectivity index (χ1n) is 6.03. The molecule has 16 heavy (non-hydrogen) atoms. The lowest BCUT2D eigenvalue weighted by Gasteiger charge is -2.50. The lowest BCUT2D eigenvalue weighted by atomic mass is 9.56. The van der Waals surface area contributed by atoms with Gasteiger partial charge in [0.15, 0.2) is 0 Å². The Balaban J connectivity index is 2.04. The summed E-state index contributed by atoms with van der Waals surface area (Å²) in [5, 5.41) is 3.32. The standard InChI is InChI=1S/C12H22N2O2/c1-11(2,3)16-10(15)9-8(13)6-12(9)4-5-14-7-12/h8-9,14H,4-7,13H2,1-3H3. The molecule has 92 valence electrons. The Morgan fingerprint density at radius 3 is 2.62 bits per heavy atom. The molecule has 1 heterocycles. The largest absolute Gasteiger partial charge is 0.460 e. The SMILES string of the molecule is CC(C)(C)OC(=O)C1C(N)CC12CCNC2. The molecule has 1 saturated carbocycles. The number of hydrogen-bond donors (Lipinski definition) is 2. The van der Waals surface area contributed by atoms with Crippen LogP contribution in [0.2, 0.25) is 0 Å². The van der Waals surface area contributed by atoms with E-state index in [-0.39, 0.29) is 23.3 Å². The van der Waals surface area contributed by atoms with Crippen LogP contribution in [0.5, 0.6) is 0 Å². The van der Waals surface area contributed by atoms with Crippen LogP contribution in [0.4, 0.5) is 0 Å². The van der Waals surface area contributed by atoms with Gasteiger partial charge in [0.25, 0.3) is 0 Å². The lowest BCUT2D eigenvalue weighted by Crippen LogP contribution is -2.61. The van der Waals surface area contributed by atoms with Crippen LogP contribution in [0.15, 0.2) is 0 Å². The van der Waals surface area contributed by atoms with E-state index in [2.05, 4.69) is 5.32 Å². The van der Waals surface area contributed by atoms with Crippen molar-refractivity contribution in [1.29, 1.82) is 0 Å². The summed E-state index contributed by atoms with van der Waals surface area (Å²) >= 11 is 0. The lowest BCUT2D eigenvalue weighted by molar-refractivity contribution is -0.173. The van der Waals surface area contributed by atoms with Crippen molar-refractivity contribution in [1.82, 2.24) is 5.32 Å². The highest BCUT2D eigenvalue weighted by molar-refractivity contribution is 5.76. The number of hydrogen-bond acceptors (Lipinski definition) is 4. The molecule has 4 nitrogen and oxygen atoms in total. The van der Waals surface area contributed by atoms with E-state index >= 15 is 0 Å². The van der Waals surface area contributed by atoms with Crippen LogP contribution in [0.1, 0.15) is 33.6 Å². The van der Waals surface area contributed by atoms with E-state index in [0.29, 0.717) is 0 Å². The summed E-state index contributed by atoms with van der Waals surface area (Å²) in [6.07, 6.45) is 1.99. The van der Waals surface area contributed by atoms with Crippen molar-refractivity contribution >= 4 is 5.97 Å². The number of rotatable bonds is 1. The number of ether oxygens (including phenoxy) is 1. The number of nitrogens with two attached hydrogens (primary N) is 1. The molecular weight excluding hydrogens is 204 g/mol. The molecule has 1 aliphatic carbocycles. The molecule has 3 unspecified atom stereocenters. The molecule has 0 aromatic carbocycles. The van der Waals surface area contributed by atoms with Gasteiger partial charge in [0, 0.05) is 18.0 Å². The van der Waals surface area contributed by atoms with Crippen LogP contribution in [0.3, 0.4) is 0 Å². The molecule has 1 saturated heterocycles. The molecule has 4 heteroatoms. The summed E-state index contributed by atoms with van der Waals surface area (Å²) in [4.78, 5) is 12.1. The predicted molar refractivity (Wildman–Crippen MR) is 61.8 cm³/mol. The van der Waals surface area contributed by atoms with Gasteiger partial charge in [-0.15, -0.1) is 0 Å². The maximum atomic E-state index is 12.1. The minimum absolute atomic E-state index is 0.0188. The highest BCUT2D eigenvalue weighted by atomic mass is 16.6. The van der Waals surface area contributed by atoms with Crippen molar-refractivity contribution in [3.8, 4) is 0 Å². The Labute approximate surface area is 96.9 Å². The van der Waals surface area contributed by atoms with Gasteiger partial charge in [-0.25, -0.2) is 0 Å². The normalized spacial score (nSPS) is 38.5. The van der Waals surface area contributed by atoms with Gasteiger partial charge in [-0.3, -0.25) is 4.79 Å². The van der Waals surface area contributed by atoms with E-state index in [0.717, 1.165) is 25.9 Å². The minimum Gasteiger partial charge on any atom is -0.460 e. The van der Waals surface area contributed by atoms with Crippen LogP contribution >= 0.6 is 0 Å². The first kappa shape index (κ1) is 11.9. The summed E-state index contributed by atoms with van der Waals surface area (Å²) < 4.78 is 5.45. The highest BCUT2D eigenvalue weighted by Crippen LogP contribution is 2.50. The second kappa shape index (κ2) is 3.70. The van der Waals surface area contributed by atoms with Crippen molar-refractivity contribution in [3.63, 3.8) is 0 Å². The summed E-state index contributed by atoms with van der Waals surface area (Å²) in [7, 11) is 0. The number of nitrogens with one attached hydrogen (secondary N) is 1. The predicted octanol–water partition coefficient (Wildman–Crippen LogP) is 0.655. The van der Waals surface area contributed by atoms with Gasteiger partial charge in [0.2, 0.25) is 0 Å².